The summed E-state index contributed by atoms with van der Waals surface area (Å²) in [6, 6.07) is 0. The summed E-state index contributed by atoms with van der Waals surface area (Å²) >= 11 is 0. The van der Waals surface area contributed by atoms with Gasteiger partial charge in [0.1, 0.15) is 5.54 Å². The average Bonchev–Trinajstić information content (AvgIpc) is 2.09. The molecule has 1 saturated carbocycles. The fraction of sp³-hybridized carbons (Fsp3) is 0.875. The summed E-state index contributed by atoms with van der Waals surface area (Å²) in [4.78, 5) is 11.2. The maximum Gasteiger partial charge on any atom is 0.263 e. The molecule has 12 heavy (non-hydrogen) atoms. The Labute approximate surface area is 72.1 Å². The summed E-state index contributed by atoms with van der Waals surface area (Å²) in [5, 5.41) is 8.49. The number of nitrogens with two attached hydrogens (primary N) is 1. The summed E-state index contributed by atoms with van der Waals surface area (Å²) < 4.78 is 0. The molecule has 0 aromatic carbocycles. The molecular weight excluding hydrogens is 156 g/mol. The van der Waals surface area contributed by atoms with E-state index in [1.807, 2.05) is 6.92 Å². The van der Waals surface area contributed by atoms with Crippen LogP contribution >= 0.6 is 0 Å². The monoisotopic (exact) mass is 172 g/mol. The van der Waals surface area contributed by atoms with Crippen molar-refractivity contribution >= 4 is 5.91 Å². The molecule has 0 aliphatic heterocycles. The average molecular weight is 172 g/mol. The van der Waals surface area contributed by atoms with Crippen molar-refractivity contribution < 1.29 is 10.0 Å². The molecule has 0 heterocycles. The predicted molar refractivity (Wildman–Crippen MR) is 44.5 cm³/mol. The number of hydrogen-bond acceptors (Lipinski definition) is 3. The van der Waals surface area contributed by atoms with E-state index < -0.39 is 11.4 Å². The molecule has 0 aromatic heterocycles. The Morgan fingerprint density at radius 3 is 2.83 bits per heavy atom. The largest absolute Gasteiger partial charge is 0.317 e. The number of amides is 1. The molecule has 1 fully saturated rings. The van der Waals surface area contributed by atoms with E-state index in [1.54, 1.807) is 5.48 Å². The highest BCUT2D eigenvalue weighted by Crippen LogP contribution is 2.31. The molecule has 4 heteroatoms. The minimum atomic E-state index is -0.854. The highest BCUT2D eigenvalue weighted by atomic mass is 16.5. The lowest BCUT2D eigenvalue weighted by Crippen LogP contribution is -2.58. The molecule has 1 aliphatic carbocycles. The molecule has 4 N–H and O–H groups in total. The number of rotatable bonds is 1. The van der Waals surface area contributed by atoms with Gasteiger partial charge in [0.2, 0.25) is 0 Å². The van der Waals surface area contributed by atoms with Crippen molar-refractivity contribution in [3.05, 3.63) is 0 Å². The first-order chi connectivity index (χ1) is 5.61. The minimum absolute atomic E-state index is 0.151. The van der Waals surface area contributed by atoms with Crippen molar-refractivity contribution in [1.29, 1.82) is 0 Å². The summed E-state index contributed by atoms with van der Waals surface area (Å²) in [5.74, 6) is -0.298. The summed E-state index contributed by atoms with van der Waals surface area (Å²) in [6.45, 7) is 1.95. The van der Waals surface area contributed by atoms with Crippen LogP contribution in [0.25, 0.3) is 0 Å². The molecular formula is C8H16N2O2. The fourth-order valence-corrected chi connectivity index (χ4v) is 1.81. The Bertz CT molecular complexity index is 184. The van der Waals surface area contributed by atoms with E-state index in [2.05, 4.69) is 0 Å². The molecule has 1 aliphatic rings. The van der Waals surface area contributed by atoms with Crippen LogP contribution in [0.15, 0.2) is 0 Å². The number of hydrogen-bond donors (Lipinski definition) is 3. The van der Waals surface area contributed by atoms with Crippen LogP contribution in [-0.4, -0.2) is 16.7 Å². The lowest BCUT2D eigenvalue weighted by molar-refractivity contribution is -0.138. The number of carbonyl (C=O) groups excluding carboxylic acids is 1. The molecule has 1 rings (SSSR count). The van der Waals surface area contributed by atoms with Gasteiger partial charge in [-0.25, -0.2) is 5.48 Å². The second kappa shape index (κ2) is 3.41. The van der Waals surface area contributed by atoms with Gasteiger partial charge in [-0.2, -0.15) is 0 Å². The molecule has 1 amide bonds. The van der Waals surface area contributed by atoms with Gasteiger partial charge in [-0.05, 0) is 18.8 Å². The van der Waals surface area contributed by atoms with Crippen LogP contribution in [0.3, 0.4) is 0 Å². The SMILES string of the molecule is CC1CCCCC1(N)C(=O)NO. The van der Waals surface area contributed by atoms with E-state index in [0.717, 1.165) is 19.3 Å². The lowest BCUT2D eigenvalue weighted by Gasteiger charge is -2.36. The molecule has 2 unspecified atom stereocenters. The maximum absolute atomic E-state index is 11.2. The van der Waals surface area contributed by atoms with Crippen molar-refractivity contribution in [2.75, 3.05) is 0 Å². The zero-order valence-corrected chi connectivity index (χ0v) is 7.34. The normalized spacial score (nSPS) is 36.1. The van der Waals surface area contributed by atoms with Crippen LogP contribution in [0, 0.1) is 5.92 Å². The first kappa shape index (κ1) is 9.48. The van der Waals surface area contributed by atoms with Gasteiger partial charge in [-0.1, -0.05) is 19.8 Å². The zero-order chi connectivity index (χ0) is 9.19. The van der Waals surface area contributed by atoms with Crippen molar-refractivity contribution in [2.45, 2.75) is 38.1 Å². The first-order valence-corrected chi connectivity index (χ1v) is 4.34. The summed E-state index contributed by atoms with van der Waals surface area (Å²) in [5.41, 5.74) is 6.67. The third-order valence-electron chi connectivity index (χ3n) is 2.88. The van der Waals surface area contributed by atoms with Crippen molar-refractivity contribution in [2.24, 2.45) is 11.7 Å². The fourth-order valence-electron chi connectivity index (χ4n) is 1.81. The van der Waals surface area contributed by atoms with Crippen molar-refractivity contribution in [3.63, 3.8) is 0 Å². The Morgan fingerprint density at radius 2 is 2.33 bits per heavy atom. The standard InChI is InChI=1S/C8H16N2O2/c1-6-4-2-3-5-8(6,9)7(11)10-12/h6,12H,2-5,9H2,1H3,(H,10,11). The van der Waals surface area contributed by atoms with Crippen molar-refractivity contribution in [1.82, 2.24) is 5.48 Å². The van der Waals surface area contributed by atoms with Gasteiger partial charge in [0, 0.05) is 0 Å². The molecule has 0 aromatic rings. The molecule has 0 radical (unpaired) electrons. The second-order valence-corrected chi connectivity index (χ2v) is 3.63. The van der Waals surface area contributed by atoms with Gasteiger partial charge in [0.25, 0.3) is 5.91 Å². The topological polar surface area (TPSA) is 75.4 Å². The Morgan fingerprint density at radius 1 is 1.67 bits per heavy atom. The van der Waals surface area contributed by atoms with Crippen LogP contribution in [-0.2, 0) is 4.79 Å². The van der Waals surface area contributed by atoms with E-state index in [0.29, 0.717) is 6.42 Å². The van der Waals surface area contributed by atoms with Crippen LogP contribution < -0.4 is 11.2 Å². The van der Waals surface area contributed by atoms with E-state index in [1.165, 1.54) is 0 Å². The number of carbonyl (C=O) groups is 1. The highest BCUT2D eigenvalue weighted by molar-refractivity contribution is 5.85. The van der Waals surface area contributed by atoms with Crippen LogP contribution in [0.1, 0.15) is 32.6 Å². The molecule has 0 spiro atoms. The summed E-state index contributed by atoms with van der Waals surface area (Å²) in [7, 11) is 0. The van der Waals surface area contributed by atoms with Crippen molar-refractivity contribution in [3.8, 4) is 0 Å². The smallest absolute Gasteiger partial charge is 0.263 e. The molecule has 70 valence electrons. The van der Waals surface area contributed by atoms with E-state index >= 15 is 0 Å². The van der Waals surface area contributed by atoms with Gasteiger partial charge < -0.3 is 5.73 Å². The van der Waals surface area contributed by atoms with Crippen LogP contribution in [0.5, 0.6) is 0 Å². The lowest BCUT2D eigenvalue weighted by atomic mass is 9.74. The quantitative estimate of drug-likeness (QED) is 0.396. The Balaban J connectivity index is 2.72. The molecule has 4 nitrogen and oxygen atoms in total. The van der Waals surface area contributed by atoms with Gasteiger partial charge in [0.15, 0.2) is 0 Å². The predicted octanol–water partition coefficient (Wildman–Crippen LogP) is 0.399. The molecule has 2 atom stereocenters. The minimum Gasteiger partial charge on any atom is -0.317 e. The van der Waals surface area contributed by atoms with E-state index in [9.17, 15) is 4.79 Å². The highest BCUT2D eigenvalue weighted by Gasteiger charge is 2.40. The zero-order valence-electron chi connectivity index (χ0n) is 7.34. The van der Waals surface area contributed by atoms with Crippen LogP contribution in [0.4, 0.5) is 0 Å². The van der Waals surface area contributed by atoms with Gasteiger partial charge >= 0.3 is 0 Å². The third-order valence-corrected chi connectivity index (χ3v) is 2.88. The third kappa shape index (κ3) is 1.44. The van der Waals surface area contributed by atoms with Gasteiger partial charge in [-0.15, -0.1) is 0 Å². The van der Waals surface area contributed by atoms with Gasteiger partial charge in [-0.3, -0.25) is 10.0 Å². The van der Waals surface area contributed by atoms with Gasteiger partial charge in [0.05, 0.1) is 0 Å². The first-order valence-electron chi connectivity index (χ1n) is 4.34. The van der Waals surface area contributed by atoms with E-state index in [-0.39, 0.29) is 5.92 Å². The van der Waals surface area contributed by atoms with E-state index in [4.69, 9.17) is 10.9 Å². The summed E-state index contributed by atoms with van der Waals surface area (Å²) in [6.07, 6.45) is 3.72. The number of nitrogens with one attached hydrogen (secondary N) is 1. The molecule has 0 saturated heterocycles. The second-order valence-electron chi connectivity index (χ2n) is 3.63. The maximum atomic E-state index is 11.2. The Kier molecular flexibility index (Phi) is 2.69. The molecule has 0 bridgehead atoms. The van der Waals surface area contributed by atoms with Crippen LogP contribution in [0.2, 0.25) is 0 Å². The Hall–Kier alpha value is -0.610. The number of hydroxylamine groups is 1.